The van der Waals surface area contributed by atoms with Crippen LogP contribution in [0.3, 0.4) is 0 Å². The molecule has 0 saturated heterocycles. The van der Waals surface area contributed by atoms with E-state index < -0.39 is 0 Å². The van der Waals surface area contributed by atoms with Crippen molar-refractivity contribution in [2.75, 3.05) is 19.6 Å². The molecule has 108 valence electrons. The van der Waals surface area contributed by atoms with E-state index in [4.69, 9.17) is 6.42 Å². The molecule has 0 aromatic heterocycles. The molecule has 1 N–H and O–H groups in total. The molecule has 1 saturated carbocycles. The summed E-state index contributed by atoms with van der Waals surface area (Å²) < 4.78 is 0. The van der Waals surface area contributed by atoms with Crippen molar-refractivity contribution in [3.8, 4) is 12.3 Å². The van der Waals surface area contributed by atoms with Gasteiger partial charge in [0.1, 0.15) is 0 Å². The van der Waals surface area contributed by atoms with Gasteiger partial charge in [0, 0.05) is 19.6 Å². The Balaban J connectivity index is 1.89. The summed E-state index contributed by atoms with van der Waals surface area (Å²) in [6.45, 7) is 7.12. The predicted molar refractivity (Wildman–Crippen MR) is 85.3 cm³/mol. The molecular formula is C18H26N2. The zero-order valence-corrected chi connectivity index (χ0v) is 12.6. The molecule has 1 fully saturated rings. The zero-order chi connectivity index (χ0) is 14.2. The maximum Gasteiger partial charge on any atom is 0.0601 e. The van der Waals surface area contributed by atoms with Gasteiger partial charge in [-0.3, -0.25) is 4.90 Å². The third-order valence-corrected chi connectivity index (χ3v) is 3.68. The lowest BCUT2D eigenvalue weighted by atomic mass is 10.1. The van der Waals surface area contributed by atoms with Crippen LogP contribution < -0.4 is 5.32 Å². The molecule has 0 aliphatic heterocycles. The lowest BCUT2D eigenvalue weighted by Crippen LogP contribution is -2.26. The molecule has 0 unspecified atom stereocenters. The Bertz CT molecular complexity index is 443. The van der Waals surface area contributed by atoms with E-state index in [-0.39, 0.29) is 0 Å². The number of rotatable bonds is 9. The average molecular weight is 270 g/mol. The van der Waals surface area contributed by atoms with Crippen LogP contribution >= 0.6 is 0 Å². The van der Waals surface area contributed by atoms with Crippen LogP contribution in [0, 0.1) is 18.3 Å². The van der Waals surface area contributed by atoms with E-state index in [0.29, 0.717) is 0 Å². The van der Waals surface area contributed by atoms with Crippen molar-refractivity contribution < 1.29 is 0 Å². The van der Waals surface area contributed by atoms with Crippen LogP contribution in [0.1, 0.15) is 37.3 Å². The SMILES string of the molecule is C#CCN(Cc1cccc(CNCCC)c1)CC1CC1. The first-order valence-electron chi connectivity index (χ1n) is 7.76. The Morgan fingerprint density at radius 2 is 2.15 bits per heavy atom. The molecule has 1 aliphatic carbocycles. The van der Waals surface area contributed by atoms with E-state index in [0.717, 1.165) is 38.6 Å². The minimum atomic E-state index is 0.759. The van der Waals surface area contributed by atoms with Crippen molar-refractivity contribution in [1.29, 1.82) is 0 Å². The smallest absolute Gasteiger partial charge is 0.0601 e. The fraction of sp³-hybridized carbons (Fsp3) is 0.556. The molecule has 0 heterocycles. The van der Waals surface area contributed by atoms with E-state index in [1.807, 2.05) is 0 Å². The number of nitrogens with one attached hydrogen (secondary N) is 1. The summed E-state index contributed by atoms with van der Waals surface area (Å²) in [5.41, 5.74) is 2.74. The van der Waals surface area contributed by atoms with Crippen molar-refractivity contribution in [1.82, 2.24) is 10.2 Å². The highest BCUT2D eigenvalue weighted by Crippen LogP contribution is 2.30. The average Bonchev–Trinajstić information content (AvgIpc) is 3.24. The first-order chi connectivity index (χ1) is 9.81. The largest absolute Gasteiger partial charge is 0.313 e. The molecule has 0 amide bonds. The predicted octanol–water partition coefficient (Wildman–Crippen LogP) is 3.03. The minimum absolute atomic E-state index is 0.759. The van der Waals surface area contributed by atoms with Crippen LogP contribution in [0.4, 0.5) is 0 Å². The maximum atomic E-state index is 5.49. The van der Waals surface area contributed by atoms with Crippen LogP contribution in [-0.2, 0) is 13.1 Å². The van der Waals surface area contributed by atoms with E-state index >= 15 is 0 Å². The van der Waals surface area contributed by atoms with Crippen molar-refractivity contribution in [3.63, 3.8) is 0 Å². The van der Waals surface area contributed by atoms with Crippen LogP contribution in [0.5, 0.6) is 0 Å². The summed E-state index contributed by atoms with van der Waals surface area (Å²) >= 11 is 0. The van der Waals surface area contributed by atoms with Crippen molar-refractivity contribution >= 4 is 0 Å². The molecule has 0 bridgehead atoms. The van der Waals surface area contributed by atoms with Gasteiger partial charge in [0.15, 0.2) is 0 Å². The van der Waals surface area contributed by atoms with Gasteiger partial charge in [-0.15, -0.1) is 6.42 Å². The second kappa shape index (κ2) is 8.09. The van der Waals surface area contributed by atoms with Gasteiger partial charge in [0.05, 0.1) is 6.54 Å². The van der Waals surface area contributed by atoms with Crippen molar-refractivity contribution in [2.24, 2.45) is 5.92 Å². The molecule has 0 atom stereocenters. The Labute approximate surface area is 123 Å². The molecule has 0 radical (unpaired) electrons. The third kappa shape index (κ3) is 5.36. The molecule has 1 aromatic carbocycles. The van der Waals surface area contributed by atoms with Gasteiger partial charge in [-0.05, 0) is 42.9 Å². The summed E-state index contributed by atoms with van der Waals surface area (Å²) in [6, 6.07) is 8.86. The highest BCUT2D eigenvalue weighted by molar-refractivity contribution is 5.23. The fourth-order valence-corrected chi connectivity index (χ4v) is 2.49. The lowest BCUT2D eigenvalue weighted by molar-refractivity contribution is 0.286. The first-order valence-corrected chi connectivity index (χ1v) is 7.76. The van der Waals surface area contributed by atoms with Gasteiger partial charge in [-0.25, -0.2) is 0 Å². The normalized spacial score (nSPS) is 14.4. The van der Waals surface area contributed by atoms with Gasteiger partial charge in [0.2, 0.25) is 0 Å². The Kier molecular flexibility index (Phi) is 6.11. The van der Waals surface area contributed by atoms with E-state index in [1.165, 1.54) is 30.4 Å². The maximum absolute atomic E-state index is 5.49. The highest BCUT2D eigenvalue weighted by atomic mass is 15.1. The number of nitrogens with zero attached hydrogens (tertiary/aromatic N) is 1. The topological polar surface area (TPSA) is 15.3 Å². The standard InChI is InChI=1S/C18H26N2/c1-3-10-19-13-17-6-5-7-18(12-17)15-20(11-4-2)14-16-8-9-16/h2,5-7,12,16,19H,3,8-11,13-15H2,1H3. The Hall–Kier alpha value is -1.30. The molecule has 2 rings (SSSR count). The molecule has 1 aromatic rings. The molecular weight excluding hydrogens is 244 g/mol. The Morgan fingerprint density at radius 1 is 1.35 bits per heavy atom. The monoisotopic (exact) mass is 270 g/mol. The van der Waals surface area contributed by atoms with Gasteiger partial charge in [-0.2, -0.15) is 0 Å². The molecule has 2 nitrogen and oxygen atoms in total. The second-order valence-corrected chi connectivity index (χ2v) is 5.81. The molecule has 1 aliphatic rings. The van der Waals surface area contributed by atoms with Crippen LogP contribution in [0.15, 0.2) is 24.3 Å². The van der Waals surface area contributed by atoms with Gasteiger partial charge < -0.3 is 5.32 Å². The summed E-state index contributed by atoms with van der Waals surface area (Å²) in [4.78, 5) is 2.40. The van der Waals surface area contributed by atoms with Gasteiger partial charge in [0.25, 0.3) is 0 Å². The second-order valence-electron chi connectivity index (χ2n) is 5.81. The van der Waals surface area contributed by atoms with E-state index in [9.17, 15) is 0 Å². The fourth-order valence-electron chi connectivity index (χ4n) is 2.49. The zero-order valence-electron chi connectivity index (χ0n) is 12.6. The molecule has 20 heavy (non-hydrogen) atoms. The van der Waals surface area contributed by atoms with E-state index in [2.05, 4.69) is 47.3 Å². The summed E-state index contributed by atoms with van der Waals surface area (Å²) in [7, 11) is 0. The number of benzene rings is 1. The van der Waals surface area contributed by atoms with Crippen molar-refractivity contribution in [3.05, 3.63) is 35.4 Å². The van der Waals surface area contributed by atoms with Gasteiger partial charge in [-0.1, -0.05) is 37.1 Å². The van der Waals surface area contributed by atoms with E-state index in [1.54, 1.807) is 0 Å². The summed E-state index contributed by atoms with van der Waals surface area (Å²) in [5.74, 6) is 3.68. The summed E-state index contributed by atoms with van der Waals surface area (Å²) in [6.07, 6.45) is 9.42. The lowest BCUT2D eigenvalue weighted by Gasteiger charge is -2.20. The molecule has 2 heteroatoms. The number of hydrogen-bond acceptors (Lipinski definition) is 2. The molecule has 0 spiro atoms. The van der Waals surface area contributed by atoms with Crippen molar-refractivity contribution in [2.45, 2.75) is 39.3 Å². The van der Waals surface area contributed by atoms with Gasteiger partial charge >= 0.3 is 0 Å². The summed E-state index contributed by atoms with van der Waals surface area (Å²) in [5, 5.41) is 3.45. The van der Waals surface area contributed by atoms with Crippen LogP contribution in [0.2, 0.25) is 0 Å². The highest BCUT2D eigenvalue weighted by Gasteiger charge is 2.23. The number of hydrogen-bond donors (Lipinski definition) is 1. The van der Waals surface area contributed by atoms with Crippen LogP contribution in [-0.4, -0.2) is 24.5 Å². The van der Waals surface area contributed by atoms with Crippen LogP contribution in [0.25, 0.3) is 0 Å². The third-order valence-electron chi connectivity index (χ3n) is 3.68. The first kappa shape index (κ1) is 15.1. The number of terminal acetylenes is 1. The Morgan fingerprint density at radius 3 is 2.85 bits per heavy atom. The quantitative estimate of drug-likeness (QED) is 0.548. The minimum Gasteiger partial charge on any atom is -0.313 e.